The normalized spacial score (nSPS) is 11.2. The second-order valence-electron chi connectivity index (χ2n) is 4.20. The van der Waals surface area contributed by atoms with Gasteiger partial charge in [-0.2, -0.15) is 0 Å². The van der Waals surface area contributed by atoms with Gasteiger partial charge in [0, 0.05) is 25.4 Å². The highest BCUT2D eigenvalue weighted by Crippen LogP contribution is 2.16. The number of aromatic nitrogens is 1. The average molecular weight is 239 g/mol. The molecule has 1 rings (SSSR count). The van der Waals surface area contributed by atoms with Crippen LogP contribution in [0.2, 0.25) is 0 Å². The molecule has 0 amide bonds. The van der Waals surface area contributed by atoms with Crippen molar-refractivity contribution in [3.8, 4) is 0 Å². The molecule has 0 atom stereocenters. The SMILES string of the molecule is CCOC(C)(C)CNc1cc([N+](=O)[O-])ccn1. The van der Waals surface area contributed by atoms with Gasteiger partial charge in [0.25, 0.3) is 5.69 Å². The van der Waals surface area contributed by atoms with E-state index in [1.807, 2.05) is 20.8 Å². The van der Waals surface area contributed by atoms with Gasteiger partial charge in [0.15, 0.2) is 0 Å². The molecule has 1 heterocycles. The minimum absolute atomic E-state index is 0.0247. The zero-order valence-electron chi connectivity index (χ0n) is 10.3. The molecule has 0 spiro atoms. The number of pyridine rings is 1. The van der Waals surface area contributed by atoms with Crippen LogP contribution >= 0.6 is 0 Å². The van der Waals surface area contributed by atoms with Crippen molar-refractivity contribution in [2.75, 3.05) is 18.5 Å². The third-order valence-electron chi connectivity index (χ3n) is 2.18. The first-order valence-corrected chi connectivity index (χ1v) is 5.43. The Hall–Kier alpha value is -1.69. The molecule has 0 bridgehead atoms. The van der Waals surface area contributed by atoms with Crippen LogP contribution < -0.4 is 5.32 Å². The summed E-state index contributed by atoms with van der Waals surface area (Å²) in [7, 11) is 0. The van der Waals surface area contributed by atoms with Crippen LogP contribution in [0, 0.1) is 10.1 Å². The number of rotatable bonds is 6. The predicted octanol–water partition coefficient (Wildman–Crippen LogP) is 2.22. The summed E-state index contributed by atoms with van der Waals surface area (Å²) in [6.07, 6.45) is 1.41. The standard InChI is InChI=1S/C11H17N3O3/c1-4-17-11(2,3)8-13-10-7-9(14(15)16)5-6-12-10/h5-7H,4,8H2,1-3H3,(H,12,13). The maximum absolute atomic E-state index is 10.6. The molecular formula is C11H17N3O3. The van der Waals surface area contributed by atoms with Crippen molar-refractivity contribution in [1.82, 2.24) is 4.98 Å². The Morgan fingerprint density at radius 1 is 1.59 bits per heavy atom. The highest BCUT2D eigenvalue weighted by molar-refractivity contribution is 5.44. The van der Waals surface area contributed by atoms with Gasteiger partial charge >= 0.3 is 0 Å². The van der Waals surface area contributed by atoms with Crippen molar-refractivity contribution in [2.45, 2.75) is 26.4 Å². The molecular weight excluding hydrogens is 222 g/mol. The van der Waals surface area contributed by atoms with Crippen LogP contribution in [0.25, 0.3) is 0 Å². The van der Waals surface area contributed by atoms with E-state index in [4.69, 9.17) is 4.74 Å². The Bertz CT molecular complexity index is 393. The molecule has 6 nitrogen and oxygen atoms in total. The topological polar surface area (TPSA) is 77.3 Å². The predicted molar refractivity (Wildman–Crippen MR) is 65.1 cm³/mol. The molecule has 0 fully saturated rings. The Morgan fingerprint density at radius 3 is 2.88 bits per heavy atom. The highest BCUT2D eigenvalue weighted by atomic mass is 16.6. The van der Waals surface area contributed by atoms with E-state index in [0.717, 1.165) is 0 Å². The largest absolute Gasteiger partial charge is 0.374 e. The van der Waals surface area contributed by atoms with Crippen LogP contribution in [0.3, 0.4) is 0 Å². The second kappa shape index (κ2) is 5.58. The quantitative estimate of drug-likeness (QED) is 0.608. The monoisotopic (exact) mass is 239 g/mol. The Kier molecular flexibility index (Phi) is 4.39. The smallest absolute Gasteiger partial charge is 0.274 e. The molecule has 0 aromatic carbocycles. The van der Waals surface area contributed by atoms with Crippen LogP contribution in [-0.4, -0.2) is 28.7 Å². The fourth-order valence-electron chi connectivity index (χ4n) is 1.37. The van der Waals surface area contributed by atoms with Crippen LogP contribution in [0.1, 0.15) is 20.8 Å². The minimum Gasteiger partial charge on any atom is -0.374 e. The molecule has 1 aromatic rings. The highest BCUT2D eigenvalue weighted by Gasteiger charge is 2.17. The molecule has 1 aromatic heterocycles. The van der Waals surface area contributed by atoms with Crippen LogP contribution in [0.5, 0.6) is 0 Å². The summed E-state index contributed by atoms with van der Waals surface area (Å²) in [6, 6.07) is 2.76. The van der Waals surface area contributed by atoms with Gasteiger partial charge in [-0.1, -0.05) is 0 Å². The van der Waals surface area contributed by atoms with Crippen LogP contribution in [0.15, 0.2) is 18.3 Å². The molecule has 6 heteroatoms. The number of nitrogens with zero attached hydrogens (tertiary/aromatic N) is 2. The maximum atomic E-state index is 10.6. The number of hydrogen-bond acceptors (Lipinski definition) is 5. The van der Waals surface area contributed by atoms with Gasteiger partial charge in [0.05, 0.1) is 16.6 Å². The van der Waals surface area contributed by atoms with Crippen molar-refractivity contribution in [2.24, 2.45) is 0 Å². The zero-order valence-corrected chi connectivity index (χ0v) is 10.3. The molecule has 94 valence electrons. The lowest BCUT2D eigenvalue weighted by molar-refractivity contribution is -0.384. The maximum Gasteiger partial charge on any atom is 0.274 e. The minimum atomic E-state index is -0.444. The number of ether oxygens (including phenoxy) is 1. The molecule has 17 heavy (non-hydrogen) atoms. The van der Waals surface area contributed by atoms with Crippen molar-refractivity contribution in [3.63, 3.8) is 0 Å². The summed E-state index contributed by atoms with van der Waals surface area (Å²) >= 11 is 0. The van der Waals surface area contributed by atoms with Gasteiger partial charge in [0.2, 0.25) is 0 Å². The Balaban J connectivity index is 2.63. The van der Waals surface area contributed by atoms with Gasteiger partial charge in [-0.15, -0.1) is 0 Å². The van der Waals surface area contributed by atoms with Crippen LogP contribution in [-0.2, 0) is 4.74 Å². The van der Waals surface area contributed by atoms with Crippen molar-refractivity contribution >= 4 is 11.5 Å². The lowest BCUT2D eigenvalue weighted by Crippen LogP contribution is -2.33. The van der Waals surface area contributed by atoms with Gasteiger partial charge in [-0.05, 0) is 20.8 Å². The first kappa shape index (κ1) is 13.4. The van der Waals surface area contributed by atoms with Gasteiger partial charge in [-0.3, -0.25) is 10.1 Å². The molecule has 0 aliphatic rings. The molecule has 0 aliphatic heterocycles. The number of nitrogens with one attached hydrogen (secondary N) is 1. The third kappa shape index (κ3) is 4.36. The van der Waals surface area contributed by atoms with E-state index in [1.54, 1.807) is 0 Å². The third-order valence-corrected chi connectivity index (χ3v) is 2.18. The van der Waals surface area contributed by atoms with Crippen molar-refractivity contribution in [1.29, 1.82) is 0 Å². The van der Waals surface area contributed by atoms with Gasteiger partial charge in [-0.25, -0.2) is 4.98 Å². The fraction of sp³-hybridized carbons (Fsp3) is 0.545. The van der Waals surface area contributed by atoms with Gasteiger partial charge in [0.1, 0.15) is 5.82 Å². The molecule has 0 unspecified atom stereocenters. The Labute approximate surface area is 100 Å². The van der Waals surface area contributed by atoms with Gasteiger partial charge < -0.3 is 10.1 Å². The number of anilines is 1. The fourth-order valence-corrected chi connectivity index (χ4v) is 1.37. The van der Waals surface area contributed by atoms with E-state index in [-0.39, 0.29) is 11.3 Å². The van der Waals surface area contributed by atoms with E-state index >= 15 is 0 Å². The van der Waals surface area contributed by atoms with Crippen molar-refractivity contribution in [3.05, 3.63) is 28.4 Å². The lowest BCUT2D eigenvalue weighted by Gasteiger charge is -2.25. The Morgan fingerprint density at radius 2 is 2.29 bits per heavy atom. The van der Waals surface area contributed by atoms with E-state index in [2.05, 4.69) is 10.3 Å². The van der Waals surface area contributed by atoms with Crippen LogP contribution in [0.4, 0.5) is 11.5 Å². The summed E-state index contributed by atoms with van der Waals surface area (Å²) in [5.41, 5.74) is -0.308. The lowest BCUT2D eigenvalue weighted by atomic mass is 10.1. The molecule has 1 N–H and O–H groups in total. The number of hydrogen-bond donors (Lipinski definition) is 1. The van der Waals surface area contributed by atoms with E-state index in [9.17, 15) is 10.1 Å². The van der Waals surface area contributed by atoms with Crippen molar-refractivity contribution < 1.29 is 9.66 Å². The van der Waals surface area contributed by atoms with E-state index < -0.39 is 4.92 Å². The zero-order chi connectivity index (χ0) is 12.9. The summed E-state index contributed by atoms with van der Waals surface area (Å²) < 4.78 is 5.50. The first-order valence-electron chi connectivity index (χ1n) is 5.43. The summed E-state index contributed by atoms with van der Waals surface area (Å²) in [5, 5.41) is 13.6. The summed E-state index contributed by atoms with van der Waals surface area (Å²) in [4.78, 5) is 14.2. The molecule has 0 saturated heterocycles. The molecule has 0 radical (unpaired) electrons. The van der Waals surface area contributed by atoms with E-state index in [1.165, 1.54) is 18.3 Å². The second-order valence-corrected chi connectivity index (χ2v) is 4.20. The summed E-state index contributed by atoms with van der Waals surface area (Å²) in [5.74, 6) is 0.479. The summed E-state index contributed by atoms with van der Waals surface area (Å²) in [6.45, 7) is 6.97. The number of nitro groups is 1. The first-order chi connectivity index (χ1) is 7.94. The van der Waals surface area contributed by atoms with E-state index in [0.29, 0.717) is 19.0 Å². The molecule has 0 aliphatic carbocycles. The molecule has 0 saturated carbocycles. The average Bonchev–Trinajstić information content (AvgIpc) is 2.27.